The molecule has 0 spiro atoms. The average Bonchev–Trinajstić information content (AvgIpc) is 2.79. The predicted molar refractivity (Wildman–Crippen MR) is 68.5 cm³/mol. The lowest BCUT2D eigenvalue weighted by atomic mass is 10.1. The van der Waals surface area contributed by atoms with Gasteiger partial charge in [-0.25, -0.2) is 9.37 Å². The smallest absolute Gasteiger partial charge is 0.123 e. The average molecular weight is 250 g/mol. The number of thiazole rings is 1. The van der Waals surface area contributed by atoms with E-state index in [-0.39, 0.29) is 5.82 Å². The maximum Gasteiger partial charge on any atom is 0.123 e. The molecule has 2 aromatic rings. The Bertz CT molecular complexity index is 456. The van der Waals surface area contributed by atoms with E-state index < -0.39 is 0 Å². The first-order valence-electron chi connectivity index (χ1n) is 5.59. The standard InChI is InChI=1S/C13H15FN2S/c1-10(15-7-13-8-17-9-16-13)5-11-3-2-4-12(14)6-11/h2-4,6,8-10,15H,5,7H2,1H3. The Morgan fingerprint density at radius 2 is 2.35 bits per heavy atom. The summed E-state index contributed by atoms with van der Waals surface area (Å²) in [6.07, 6.45) is 0.821. The van der Waals surface area contributed by atoms with E-state index in [1.165, 1.54) is 6.07 Å². The fourth-order valence-corrected chi connectivity index (χ4v) is 2.25. The fourth-order valence-electron chi connectivity index (χ4n) is 1.69. The molecule has 1 aromatic carbocycles. The van der Waals surface area contributed by atoms with Crippen LogP contribution in [0.25, 0.3) is 0 Å². The number of rotatable bonds is 5. The third-order valence-corrected chi connectivity index (χ3v) is 3.18. The first-order valence-corrected chi connectivity index (χ1v) is 6.53. The van der Waals surface area contributed by atoms with Gasteiger partial charge in [-0.15, -0.1) is 11.3 Å². The van der Waals surface area contributed by atoms with Crippen LogP contribution in [-0.4, -0.2) is 11.0 Å². The maximum atomic E-state index is 13.0. The van der Waals surface area contributed by atoms with E-state index in [1.807, 2.05) is 17.0 Å². The Labute approximate surface area is 105 Å². The summed E-state index contributed by atoms with van der Waals surface area (Å²) in [6, 6.07) is 7.05. The zero-order valence-electron chi connectivity index (χ0n) is 9.69. The van der Waals surface area contributed by atoms with Crippen LogP contribution in [0, 0.1) is 5.82 Å². The van der Waals surface area contributed by atoms with Crippen molar-refractivity contribution in [3.63, 3.8) is 0 Å². The van der Waals surface area contributed by atoms with Crippen molar-refractivity contribution < 1.29 is 4.39 Å². The summed E-state index contributed by atoms with van der Waals surface area (Å²) < 4.78 is 13.0. The molecule has 0 saturated carbocycles. The fraction of sp³-hybridized carbons (Fsp3) is 0.308. The van der Waals surface area contributed by atoms with Crippen LogP contribution in [-0.2, 0) is 13.0 Å². The number of hydrogen-bond donors (Lipinski definition) is 1. The molecular formula is C13H15FN2S. The van der Waals surface area contributed by atoms with Crippen LogP contribution in [0.4, 0.5) is 4.39 Å². The van der Waals surface area contributed by atoms with Gasteiger partial charge in [0.15, 0.2) is 0 Å². The molecule has 0 aliphatic heterocycles. The SMILES string of the molecule is CC(Cc1cccc(F)c1)NCc1cscn1. The Balaban J connectivity index is 1.83. The lowest BCUT2D eigenvalue weighted by Crippen LogP contribution is -2.27. The van der Waals surface area contributed by atoms with Crippen molar-refractivity contribution in [3.8, 4) is 0 Å². The van der Waals surface area contributed by atoms with Gasteiger partial charge in [0.2, 0.25) is 0 Å². The molecule has 0 bridgehead atoms. The van der Waals surface area contributed by atoms with E-state index in [2.05, 4.69) is 17.2 Å². The highest BCUT2D eigenvalue weighted by Gasteiger charge is 2.04. The number of hydrogen-bond acceptors (Lipinski definition) is 3. The molecule has 1 N–H and O–H groups in total. The molecule has 2 rings (SSSR count). The Hall–Kier alpha value is -1.26. The summed E-state index contributed by atoms with van der Waals surface area (Å²) in [5.74, 6) is -0.172. The Morgan fingerprint density at radius 3 is 3.06 bits per heavy atom. The molecular weight excluding hydrogens is 235 g/mol. The highest BCUT2D eigenvalue weighted by Crippen LogP contribution is 2.07. The largest absolute Gasteiger partial charge is 0.308 e. The minimum Gasteiger partial charge on any atom is -0.308 e. The summed E-state index contributed by atoms with van der Waals surface area (Å²) in [7, 11) is 0. The topological polar surface area (TPSA) is 24.9 Å². The summed E-state index contributed by atoms with van der Waals surface area (Å²) in [4.78, 5) is 4.21. The first kappa shape index (κ1) is 12.2. The number of halogens is 1. The van der Waals surface area contributed by atoms with Crippen LogP contribution in [0.2, 0.25) is 0 Å². The summed E-state index contributed by atoms with van der Waals surface area (Å²) in [5.41, 5.74) is 3.90. The molecule has 0 radical (unpaired) electrons. The summed E-state index contributed by atoms with van der Waals surface area (Å²) >= 11 is 1.60. The van der Waals surface area contributed by atoms with E-state index in [4.69, 9.17) is 0 Å². The van der Waals surface area contributed by atoms with Crippen molar-refractivity contribution in [1.82, 2.24) is 10.3 Å². The van der Waals surface area contributed by atoms with Crippen molar-refractivity contribution >= 4 is 11.3 Å². The first-order chi connectivity index (χ1) is 8.24. The molecule has 0 aliphatic carbocycles. The summed E-state index contributed by atoms with van der Waals surface area (Å²) in [5, 5.41) is 5.40. The van der Waals surface area contributed by atoms with Gasteiger partial charge in [-0.05, 0) is 31.0 Å². The molecule has 0 amide bonds. The van der Waals surface area contributed by atoms with Crippen molar-refractivity contribution in [2.75, 3.05) is 0 Å². The quantitative estimate of drug-likeness (QED) is 0.882. The second-order valence-electron chi connectivity index (χ2n) is 4.10. The second-order valence-corrected chi connectivity index (χ2v) is 4.81. The zero-order valence-corrected chi connectivity index (χ0v) is 10.5. The molecule has 0 aliphatic rings. The summed E-state index contributed by atoms with van der Waals surface area (Å²) in [6.45, 7) is 2.86. The second kappa shape index (κ2) is 5.89. The third-order valence-electron chi connectivity index (χ3n) is 2.55. The van der Waals surface area contributed by atoms with Crippen molar-refractivity contribution in [1.29, 1.82) is 0 Å². The highest BCUT2D eigenvalue weighted by atomic mass is 32.1. The number of aromatic nitrogens is 1. The van der Waals surface area contributed by atoms with Gasteiger partial charge in [-0.3, -0.25) is 0 Å². The lowest BCUT2D eigenvalue weighted by Gasteiger charge is -2.12. The predicted octanol–water partition coefficient (Wildman–Crippen LogP) is 3.00. The van der Waals surface area contributed by atoms with E-state index >= 15 is 0 Å². The minimum absolute atomic E-state index is 0.172. The van der Waals surface area contributed by atoms with Crippen LogP contribution in [0.15, 0.2) is 35.2 Å². The van der Waals surface area contributed by atoms with Gasteiger partial charge in [0.1, 0.15) is 5.82 Å². The van der Waals surface area contributed by atoms with Crippen LogP contribution in [0.5, 0.6) is 0 Å². The van der Waals surface area contributed by atoms with Gasteiger partial charge in [0.05, 0.1) is 11.2 Å². The monoisotopic (exact) mass is 250 g/mol. The normalized spacial score (nSPS) is 12.6. The maximum absolute atomic E-state index is 13.0. The van der Waals surface area contributed by atoms with Gasteiger partial charge in [0, 0.05) is 18.0 Å². The Kier molecular flexibility index (Phi) is 4.23. The van der Waals surface area contributed by atoms with Crippen molar-refractivity contribution in [2.24, 2.45) is 0 Å². The van der Waals surface area contributed by atoms with Gasteiger partial charge in [-0.2, -0.15) is 0 Å². The Morgan fingerprint density at radius 1 is 1.47 bits per heavy atom. The number of benzene rings is 1. The zero-order chi connectivity index (χ0) is 12.1. The van der Waals surface area contributed by atoms with Crippen LogP contribution in [0.3, 0.4) is 0 Å². The molecule has 1 heterocycles. The molecule has 2 nitrogen and oxygen atoms in total. The molecule has 1 unspecified atom stereocenters. The van der Waals surface area contributed by atoms with Crippen LogP contribution < -0.4 is 5.32 Å². The van der Waals surface area contributed by atoms with Gasteiger partial charge >= 0.3 is 0 Å². The van der Waals surface area contributed by atoms with Gasteiger partial charge < -0.3 is 5.32 Å². The molecule has 4 heteroatoms. The lowest BCUT2D eigenvalue weighted by molar-refractivity contribution is 0.538. The molecule has 0 saturated heterocycles. The van der Waals surface area contributed by atoms with Gasteiger partial charge in [0.25, 0.3) is 0 Å². The molecule has 0 fully saturated rings. The molecule has 1 atom stereocenters. The van der Waals surface area contributed by atoms with E-state index in [0.717, 1.165) is 24.2 Å². The molecule has 90 valence electrons. The van der Waals surface area contributed by atoms with Crippen LogP contribution >= 0.6 is 11.3 Å². The van der Waals surface area contributed by atoms with Crippen molar-refractivity contribution in [3.05, 3.63) is 52.2 Å². The van der Waals surface area contributed by atoms with E-state index in [1.54, 1.807) is 23.5 Å². The van der Waals surface area contributed by atoms with Crippen LogP contribution in [0.1, 0.15) is 18.2 Å². The minimum atomic E-state index is -0.172. The third kappa shape index (κ3) is 3.91. The van der Waals surface area contributed by atoms with E-state index in [0.29, 0.717) is 6.04 Å². The van der Waals surface area contributed by atoms with Crippen molar-refractivity contribution in [2.45, 2.75) is 25.9 Å². The highest BCUT2D eigenvalue weighted by molar-refractivity contribution is 7.07. The number of nitrogens with one attached hydrogen (secondary N) is 1. The number of nitrogens with zero attached hydrogens (tertiary/aromatic N) is 1. The van der Waals surface area contributed by atoms with E-state index in [9.17, 15) is 4.39 Å². The molecule has 1 aromatic heterocycles. The molecule has 17 heavy (non-hydrogen) atoms. The van der Waals surface area contributed by atoms with Gasteiger partial charge in [-0.1, -0.05) is 12.1 Å².